The summed E-state index contributed by atoms with van der Waals surface area (Å²) in [6, 6.07) is -2.03. The van der Waals surface area contributed by atoms with E-state index in [9.17, 15) is 19.2 Å². The Morgan fingerprint density at radius 3 is 2.55 bits per heavy atom. The molecule has 5 atom stereocenters. The van der Waals surface area contributed by atoms with Crippen molar-refractivity contribution in [1.29, 1.82) is 0 Å². The van der Waals surface area contributed by atoms with Crippen molar-refractivity contribution in [2.24, 2.45) is 23.5 Å². The molecule has 3 aliphatic rings. The zero-order valence-corrected chi connectivity index (χ0v) is 18.0. The number of hydrogen-bond acceptors (Lipinski definition) is 5. The lowest BCUT2D eigenvalue weighted by atomic mass is 9.97. The minimum absolute atomic E-state index is 0.0903. The van der Waals surface area contributed by atoms with Crippen LogP contribution in [0, 0.1) is 17.8 Å². The maximum Gasteiger partial charge on any atom is 0.410 e. The van der Waals surface area contributed by atoms with E-state index in [2.05, 4.69) is 10.6 Å². The molecule has 0 radical (unpaired) electrons. The van der Waals surface area contributed by atoms with E-state index < -0.39 is 51.8 Å². The molecule has 1 saturated carbocycles. The molecule has 29 heavy (non-hydrogen) atoms. The first-order valence-corrected chi connectivity index (χ1v) is 10.3. The highest BCUT2D eigenvalue weighted by molar-refractivity contribution is 6.51. The number of fused-ring (bicyclic) bond motifs is 1. The van der Waals surface area contributed by atoms with Crippen LogP contribution in [0.1, 0.15) is 33.6 Å². The van der Waals surface area contributed by atoms with Crippen molar-refractivity contribution >= 4 is 47.0 Å². The van der Waals surface area contributed by atoms with Crippen LogP contribution in [0.5, 0.6) is 0 Å². The number of primary amides is 1. The van der Waals surface area contributed by atoms with Gasteiger partial charge in [0.2, 0.25) is 17.7 Å². The normalized spacial score (nSPS) is 30.9. The Labute approximate surface area is 178 Å². The van der Waals surface area contributed by atoms with Crippen LogP contribution in [0.3, 0.4) is 0 Å². The Morgan fingerprint density at radius 2 is 2.03 bits per heavy atom. The SMILES string of the molecule is CC(C)(C)OC(=O)N1C[C@H]2[C@@H]([C@H]1C(=O)N[C@@H](C[C@@H]1CCNC1=O)C(N)=O)C2(Cl)Cl. The molecule has 0 bridgehead atoms. The number of amides is 4. The van der Waals surface area contributed by atoms with Crippen molar-refractivity contribution in [3.05, 3.63) is 0 Å². The molecule has 3 fully saturated rings. The van der Waals surface area contributed by atoms with E-state index in [0.717, 1.165) is 0 Å². The number of nitrogens with zero attached hydrogens (tertiary/aromatic N) is 1. The van der Waals surface area contributed by atoms with Gasteiger partial charge in [-0.3, -0.25) is 19.3 Å². The van der Waals surface area contributed by atoms with Crippen molar-refractivity contribution in [2.75, 3.05) is 13.1 Å². The van der Waals surface area contributed by atoms with Crippen LogP contribution >= 0.6 is 23.2 Å². The number of likely N-dealkylation sites (tertiary alicyclic amines) is 1. The van der Waals surface area contributed by atoms with Crippen LogP contribution in [0.4, 0.5) is 4.79 Å². The van der Waals surface area contributed by atoms with Crippen LogP contribution in [-0.4, -0.2) is 63.8 Å². The summed E-state index contributed by atoms with van der Waals surface area (Å²) in [5.74, 6) is -2.66. The van der Waals surface area contributed by atoms with Crippen LogP contribution < -0.4 is 16.4 Å². The molecule has 0 spiro atoms. The highest BCUT2D eigenvalue weighted by atomic mass is 35.5. The first-order valence-electron chi connectivity index (χ1n) is 9.57. The molecule has 1 aliphatic carbocycles. The molecule has 4 N–H and O–H groups in total. The van der Waals surface area contributed by atoms with Gasteiger partial charge in [-0.1, -0.05) is 0 Å². The summed E-state index contributed by atoms with van der Waals surface area (Å²) in [6.45, 7) is 5.86. The Bertz CT molecular complexity index is 738. The minimum atomic E-state index is -1.12. The Hall–Kier alpha value is -1.74. The summed E-state index contributed by atoms with van der Waals surface area (Å²) < 4.78 is 4.27. The predicted molar refractivity (Wildman–Crippen MR) is 105 cm³/mol. The molecular formula is C18H26Cl2N4O5. The highest BCUT2D eigenvalue weighted by Crippen LogP contribution is 2.65. The second-order valence-corrected chi connectivity index (χ2v) is 10.3. The number of carbonyl (C=O) groups excluding carboxylic acids is 4. The molecule has 9 nitrogen and oxygen atoms in total. The molecule has 3 rings (SSSR count). The van der Waals surface area contributed by atoms with E-state index >= 15 is 0 Å². The molecule has 2 aliphatic heterocycles. The maximum atomic E-state index is 13.0. The average Bonchev–Trinajstić information content (AvgIpc) is 2.97. The Balaban J connectivity index is 1.73. The fourth-order valence-corrected chi connectivity index (χ4v) is 4.90. The van der Waals surface area contributed by atoms with Gasteiger partial charge in [0.15, 0.2) is 0 Å². The lowest BCUT2D eigenvalue weighted by Crippen LogP contribution is -2.55. The topological polar surface area (TPSA) is 131 Å². The molecule has 0 aromatic heterocycles. The van der Waals surface area contributed by atoms with E-state index in [0.29, 0.717) is 13.0 Å². The van der Waals surface area contributed by atoms with Crippen LogP contribution in [-0.2, 0) is 19.1 Å². The second-order valence-electron chi connectivity index (χ2n) is 8.86. The maximum absolute atomic E-state index is 13.0. The summed E-state index contributed by atoms with van der Waals surface area (Å²) in [4.78, 5) is 50.6. The third-order valence-corrected chi connectivity index (χ3v) is 6.64. The number of carbonyl (C=O) groups is 4. The van der Waals surface area contributed by atoms with Gasteiger partial charge in [-0.2, -0.15) is 0 Å². The predicted octanol–water partition coefficient (Wildman–Crippen LogP) is 0.522. The first kappa shape index (κ1) is 22.0. The Morgan fingerprint density at radius 1 is 1.38 bits per heavy atom. The number of nitrogens with one attached hydrogen (secondary N) is 2. The molecular weight excluding hydrogens is 423 g/mol. The van der Waals surface area contributed by atoms with Gasteiger partial charge in [-0.25, -0.2) is 4.79 Å². The van der Waals surface area contributed by atoms with Crippen molar-refractivity contribution in [1.82, 2.24) is 15.5 Å². The number of piperidine rings is 1. The summed E-state index contributed by atoms with van der Waals surface area (Å²) in [5, 5.41) is 5.27. The molecule has 0 aromatic rings. The summed E-state index contributed by atoms with van der Waals surface area (Å²) in [5.41, 5.74) is 4.70. The van der Waals surface area contributed by atoms with Crippen molar-refractivity contribution < 1.29 is 23.9 Å². The van der Waals surface area contributed by atoms with E-state index in [-0.39, 0.29) is 24.8 Å². The van der Waals surface area contributed by atoms with Gasteiger partial charge in [0.25, 0.3) is 0 Å². The third kappa shape index (κ3) is 4.40. The quantitative estimate of drug-likeness (QED) is 0.527. The lowest BCUT2D eigenvalue weighted by molar-refractivity contribution is -0.131. The van der Waals surface area contributed by atoms with Gasteiger partial charge in [0.05, 0.1) is 0 Å². The number of alkyl halides is 2. The van der Waals surface area contributed by atoms with E-state index in [1.54, 1.807) is 20.8 Å². The van der Waals surface area contributed by atoms with Gasteiger partial charge in [0.1, 0.15) is 22.0 Å². The number of hydrogen-bond donors (Lipinski definition) is 3. The van der Waals surface area contributed by atoms with E-state index in [1.165, 1.54) is 4.90 Å². The lowest BCUT2D eigenvalue weighted by Gasteiger charge is -2.32. The molecule has 11 heteroatoms. The molecule has 2 saturated heterocycles. The molecule has 4 amide bonds. The first-order chi connectivity index (χ1) is 13.3. The number of halogens is 2. The highest BCUT2D eigenvalue weighted by Gasteiger charge is 2.74. The van der Waals surface area contributed by atoms with Gasteiger partial charge < -0.3 is 21.1 Å². The number of rotatable bonds is 5. The van der Waals surface area contributed by atoms with Crippen LogP contribution in [0.25, 0.3) is 0 Å². The smallest absolute Gasteiger partial charge is 0.410 e. The average molecular weight is 449 g/mol. The summed E-state index contributed by atoms with van der Waals surface area (Å²) in [7, 11) is 0. The number of nitrogens with two attached hydrogens (primary N) is 1. The fourth-order valence-electron chi connectivity index (χ4n) is 4.07. The zero-order chi connectivity index (χ0) is 21.7. The third-order valence-electron chi connectivity index (χ3n) is 5.57. The van der Waals surface area contributed by atoms with Crippen LogP contribution in [0.2, 0.25) is 0 Å². The summed E-state index contributed by atoms with van der Waals surface area (Å²) in [6.07, 6.45) is -0.00401. The van der Waals surface area contributed by atoms with Gasteiger partial charge in [-0.15, -0.1) is 23.2 Å². The second kappa shape index (κ2) is 7.50. The van der Waals surface area contributed by atoms with Gasteiger partial charge >= 0.3 is 6.09 Å². The molecule has 0 aromatic carbocycles. The minimum Gasteiger partial charge on any atom is -0.444 e. The van der Waals surface area contributed by atoms with Crippen molar-refractivity contribution in [3.63, 3.8) is 0 Å². The largest absolute Gasteiger partial charge is 0.444 e. The fraction of sp³-hybridized carbons (Fsp3) is 0.778. The number of ether oxygens (including phenoxy) is 1. The van der Waals surface area contributed by atoms with Crippen LogP contribution in [0.15, 0.2) is 0 Å². The van der Waals surface area contributed by atoms with Crippen molar-refractivity contribution in [2.45, 2.75) is 55.6 Å². The van der Waals surface area contributed by atoms with Crippen molar-refractivity contribution in [3.8, 4) is 0 Å². The molecule has 2 heterocycles. The summed E-state index contributed by atoms with van der Waals surface area (Å²) >= 11 is 12.5. The van der Waals surface area contributed by atoms with Gasteiger partial charge in [-0.05, 0) is 33.6 Å². The standard InChI is InChI=1S/C18H26Cl2N4O5/c1-17(2,3)29-16(28)24-7-9-11(18(9,19)20)12(24)15(27)23-10(13(21)25)6-8-4-5-22-14(8)26/h8-12H,4-7H2,1-3H3,(H2,21,25)(H,22,26)(H,23,27)/t8-,9-,10-,11-,12-/m0/s1. The Kier molecular flexibility index (Phi) is 5.68. The van der Waals surface area contributed by atoms with E-state index in [1.807, 2.05) is 0 Å². The van der Waals surface area contributed by atoms with E-state index in [4.69, 9.17) is 33.7 Å². The monoisotopic (exact) mass is 448 g/mol. The molecule has 0 unspecified atom stereocenters. The van der Waals surface area contributed by atoms with Gasteiger partial charge in [0, 0.05) is 30.8 Å². The zero-order valence-electron chi connectivity index (χ0n) is 16.5. The molecule has 162 valence electrons.